The zero-order valence-corrected chi connectivity index (χ0v) is 11.5. The average molecular weight is 285 g/mol. The van der Waals surface area contributed by atoms with E-state index >= 15 is 0 Å². The first-order chi connectivity index (χ1) is 8.83. The van der Waals surface area contributed by atoms with Crippen molar-refractivity contribution in [3.8, 4) is 0 Å². The Labute approximate surface area is 111 Å². The van der Waals surface area contributed by atoms with Gasteiger partial charge in [0.15, 0.2) is 15.6 Å². The molecule has 7 heteroatoms. The average Bonchev–Trinajstić information content (AvgIpc) is 2.39. The van der Waals surface area contributed by atoms with Crippen molar-refractivity contribution >= 4 is 21.3 Å². The van der Waals surface area contributed by atoms with Gasteiger partial charge in [-0.1, -0.05) is 26.0 Å². The molecule has 0 aliphatic rings. The van der Waals surface area contributed by atoms with Gasteiger partial charge in [-0.25, -0.2) is 8.42 Å². The SMILES string of the molecule is CCC(C(=O)c1cccc([N+](=O)[O-])c1)S(=O)(=O)CC. The Bertz CT molecular complexity index is 594. The van der Waals surface area contributed by atoms with Gasteiger partial charge in [0, 0.05) is 23.4 Å². The summed E-state index contributed by atoms with van der Waals surface area (Å²) in [4.78, 5) is 22.2. The molecule has 0 N–H and O–H groups in total. The second-order valence-corrected chi connectivity index (χ2v) is 6.49. The van der Waals surface area contributed by atoms with Crippen LogP contribution < -0.4 is 0 Å². The first-order valence-corrected chi connectivity index (χ1v) is 7.55. The van der Waals surface area contributed by atoms with Crippen molar-refractivity contribution in [1.29, 1.82) is 0 Å². The summed E-state index contributed by atoms with van der Waals surface area (Å²) in [6.07, 6.45) is 0.150. The molecule has 104 valence electrons. The number of nitrogens with zero attached hydrogens (tertiary/aromatic N) is 1. The summed E-state index contributed by atoms with van der Waals surface area (Å²) in [6.45, 7) is 3.08. The molecule has 1 aromatic rings. The van der Waals surface area contributed by atoms with Crippen molar-refractivity contribution < 1.29 is 18.1 Å². The highest BCUT2D eigenvalue weighted by Gasteiger charge is 2.30. The molecule has 0 saturated carbocycles. The molecule has 0 aliphatic heterocycles. The fourth-order valence-corrected chi connectivity index (χ4v) is 3.13. The zero-order chi connectivity index (χ0) is 14.6. The largest absolute Gasteiger partial charge is 0.293 e. The number of hydrogen-bond acceptors (Lipinski definition) is 5. The Kier molecular flexibility index (Phi) is 4.77. The molecule has 1 aromatic carbocycles. The summed E-state index contributed by atoms with van der Waals surface area (Å²) in [7, 11) is -3.51. The second kappa shape index (κ2) is 5.92. The minimum absolute atomic E-state index is 0.0538. The monoisotopic (exact) mass is 285 g/mol. The van der Waals surface area contributed by atoms with Crippen LogP contribution in [-0.4, -0.2) is 30.1 Å². The third kappa shape index (κ3) is 3.37. The fourth-order valence-electron chi connectivity index (χ4n) is 1.76. The summed E-state index contributed by atoms with van der Waals surface area (Å²) >= 11 is 0. The lowest BCUT2D eigenvalue weighted by Gasteiger charge is -2.13. The first kappa shape index (κ1) is 15.3. The van der Waals surface area contributed by atoms with Crippen molar-refractivity contribution in [2.75, 3.05) is 5.75 Å². The first-order valence-electron chi connectivity index (χ1n) is 5.83. The van der Waals surface area contributed by atoms with Crippen molar-refractivity contribution in [3.63, 3.8) is 0 Å². The number of carbonyl (C=O) groups is 1. The van der Waals surface area contributed by atoms with Gasteiger partial charge >= 0.3 is 0 Å². The van der Waals surface area contributed by atoms with Crippen LogP contribution in [0.4, 0.5) is 5.69 Å². The van der Waals surface area contributed by atoms with Crippen LogP contribution in [0.5, 0.6) is 0 Å². The van der Waals surface area contributed by atoms with Crippen LogP contribution in [0.2, 0.25) is 0 Å². The van der Waals surface area contributed by atoms with Gasteiger partial charge in [0.1, 0.15) is 5.25 Å². The van der Waals surface area contributed by atoms with E-state index in [0.717, 1.165) is 6.07 Å². The van der Waals surface area contributed by atoms with E-state index in [0.29, 0.717) is 0 Å². The van der Waals surface area contributed by atoms with E-state index in [9.17, 15) is 23.3 Å². The van der Waals surface area contributed by atoms with Gasteiger partial charge < -0.3 is 0 Å². The lowest BCUT2D eigenvalue weighted by atomic mass is 10.1. The number of sulfone groups is 1. The minimum Gasteiger partial charge on any atom is -0.293 e. The van der Waals surface area contributed by atoms with Crippen LogP contribution in [-0.2, 0) is 9.84 Å². The Balaban J connectivity index is 3.19. The van der Waals surface area contributed by atoms with Crippen molar-refractivity contribution in [3.05, 3.63) is 39.9 Å². The zero-order valence-electron chi connectivity index (χ0n) is 10.7. The molecular weight excluding hydrogens is 270 g/mol. The molecule has 0 aliphatic carbocycles. The summed E-state index contributed by atoms with van der Waals surface area (Å²) < 4.78 is 23.6. The van der Waals surface area contributed by atoms with Crippen molar-refractivity contribution in [1.82, 2.24) is 0 Å². The summed E-state index contributed by atoms with van der Waals surface area (Å²) in [6, 6.07) is 5.13. The highest BCUT2D eigenvalue weighted by Crippen LogP contribution is 2.18. The molecule has 6 nitrogen and oxygen atoms in total. The van der Waals surface area contributed by atoms with E-state index in [4.69, 9.17) is 0 Å². The predicted molar refractivity (Wildman–Crippen MR) is 71.0 cm³/mol. The topological polar surface area (TPSA) is 94.3 Å². The summed E-state index contributed by atoms with van der Waals surface area (Å²) in [5, 5.41) is 9.50. The number of nitro benzene ring substituents is 1. The third-order valence-corrected chi connectivity index (χ3v) is 5.06. The predicted octanol–water partition coefficient (Wildman–Crippen LogP) is 1.99. The van der Waals surface area contributed by atoms with Gasteiger partial charge in [0.05, 0.1) is 4.92 Å². The molecule has 0 bridgehead atoms. The van der Waals surface area contributed by atoms with Gasteiger partial charge in [-0.3, -0.25) is 14.9 Å². The number of ketones is 1. The van der Waals surface area contributed by atoms with E-state index < -0.39 is 25.8 Å². The second-order valence-electron chi connectivity index (χ2n) is 4.02. The van der Waals surface area contributed by atoms with E-state index in [-0.39, 0.29) is 23.4 Å². The lowest BCUT2D eigenvalue weighted by molar-refractivity contribution is -0.384. The standard InChI is InChI=1S/C12H15NO5S/c1-3-11(19(17,18)4-2)12(14)9-6-5-7-10(8-9)13(15)16/h5-8,11H,3-4H2,1-2H3. The van der Waals surface area contributed by atoms with Crippen LogP contribution in [0.15, 0.2) is 24.3 Å². The number of benzene rings is 1. The quantitative estimate of drug-likeness (QED) is 0.452. The smallest absolute Gasteiger partial charge is 0.270 e. The van der Waals surface area contributed by atoms with Gasteiger partial charge in [-0.2, -0.15) is 0 Å². The molecule has 0 radical (unpaired) electrons. The van der Waals surface area contributed by atoms with E-state index in [1.165, 1.54) is 25.1 Å². The fraction of sp³-hybridized carbons (Fsp3) is 0.417. The normalized spacial score (nSPS) is 12.9. The minimum atomic E-state index is -3.51. The number of carbonyl (C=O) groups excluding carboxylic acids is 1. The molecule has 0 saturated heterocycles. The Hall–Kier alpha value is -1.76. The van der Waals surface area contributed by atoms with Gasteiger partial charge in [0.2, 0.25) is 0 Å². The lowest BCUT2D eigenvalue weighted by Crippen LogP contribution is -2.31. The van der Waals surface area contributed by atoms with E-state index in [1.807, 2.05) is 0 Å². The third-order valence-electron chi connectivity index (χ3n) is 2.84. The summed E-state index contributed by atoms with van der Waals surface area (Å²) in [5.41, 5.74) is -0.173. The molecule has 0 fully saturated rings. The Morgan fingerprint density at radius 1 is 1.37 bits per heavy atom. The number of hydrogen-bond donors (Lipinski definition) is 0. The highest BCUT2D eigenvalue weighted by atomic mass is 32.2. The van der Waals surface area contributed by atoms with Crippen molar-refractivity contribution in [2.24, 2.45) is 0 Å². The van der Waals surface area contributed by atoms with Crippen LogP contribution >= 0.6 is 0 Å². The summed E-state index contributed by atoms with van der Waals surface area (Å²) in [5.74, 6) is -0.723. The van der Waals surface area contributed by atoms with Crippen LogP contribution in [0.1, 0.15) is 30.6 Å². The van der Waals surface area contributed by atoms with Gasteiger partial charge in [-0.15, -0.1) is 0 Å². The molecule has 19 heavy (non-hydrogen) atoms. The Morgan fingerprint density at radius 3 is 2.47 bits per heavy atom. The maximum absolute atomic E-state index is 12.2. The molecule has 1 rings (SSSR count). The van der Waals surface area contributed by atoms with Crippen LogP contribution in [0.3, 0.4) is 0 Å². The van der Waals surface area contributed by atoms with E-state index in [2.05, 4.69) is 0 Å². The molecule has 1 atom stereocenters. The maximum atomic E-state index is 12.2. The highest BCUT2D eigenvalue weighted by molar-refractivity contribution is 7.92. The van der Waals surface area contributed by atoms with Gasteiger partial charge in [0.25, 0.3) is 5.69 Å². The van der Waals surface area contributed by atoms with E-state index in [1.54, 1.807) is 6.92 Å². The molecule has 0 amide bonds. The van der Waals surface area contributed by atoms with Crippen molar-refractivity contribution in [2.45, 2.75) is 25.5 Å². The number of rotatable bonds is 6. The number of nitro groups is 1. The molecule has 1 unspecified atom stereocenters. The van der Waals surface area contributed by atoms with Gasteiger partial charge in [-0.05, 0) is 6.42 Å². The maximum Gasteiger partial charge on any atom is 0.270 e. The van der Waals surface area contributed by atoms with Crippen LogP contribution in [0, 0.1) is 10.1 Å². The van der Waals surface area contributed by atoms with Crippen LogP contribution in [0.25, 0.3) is 0 Å². The molecule has 0 spiro atoms. The molecular formula is C12H15NO5S. The Morgan fingerprint density at radius 2 is 2.00 bits per heavy atom. The molecule has 0 heterocycles. The number of Topliss-reactive ketones (excluding diaryl/α,β-unsaturated/α-hetero) is 1. The molecule has 0 aromatic heterocycles. The number of non-ortho nitro benzene ring substituents is 1.